The Labute approximate surface area is 67.7 Å². The molecule has 1 aliphatic heterocycles. The fourth-order valence-corrected chi connectivity index (χ4v) is 1.69. The van der Waals surface area contributed by atoms with E-state index in [1.807, 2.05) is 20.9 Å². The summed E-state index contributed by atoms with van der Waals surface area (Å²) >= 11 is 0. The monoisotopic (exact) mass is 159 g/mol. The van der Waals surface area contributed by atoms with Crippen molar-refractivity contribution >= 4 is 0 Å². The molecule has 0 aromatic rings. The number of hydrogen-bond acceptors (Lipinski definition) is 3. The molecule has 1 aliphatic rings. The number of aliphatic hydroxyl groups excluding tert-OH is 1. The van der Waals surface area contributed by atoms with Crippen LogP contribution >= 0.6 is 0 Å². The van der Waals surface area contributed by atoms with E-state index in [9.17, 15) is 5.11 Å². The molecule has 66 valence electrons. The number of rotatable bonds is 2. The Morgan fingerprint density at radius 1 is 1.55 bits per heavy atom. The molecule has 1 atom stereocenters. The molecule has 1 fully saturated rings. The van der Waals surface area contributed by atoms with Gasteiger partial charge in [-0.3, -0.25) is 0 Å². The summed E-state index contributed by atoms with van der Waals surface area (Å²) in [5.74, 6) is 0. The van der Waals surface area contributed by atoms with Crippen LogP contribution in [0, 0.1) is 0 Å². The van der Waals surface area contributed by atoms with E-state index in [2.05, 4.69) is 5.32 Å². The zero-order valence-corrected chi connectivity index (χ0v) is 7.48. The van der Waals surface area contributed by atoms with Gasteiger partial charge in [0.15, 0.2) is 0 Å². The summed E-state index contributed by atoms with van der Waals surface area (Å²) in [6, 6.07) is 0. The van der Waals surface area contributed by atoms with Crippen molar-refractivity contribution in [3.63, 3.8) is 0 Å². The predicted molar refractivity (Wildman–Crippen MR) is 43.5 cm³/mol. The van der Waals surface area contributed by atoms with Gasteiger partial charge in [0.05, 0.1) is 17.7 Å². The van der Waals surface area contributed by atoms with Crippen molar-refractivity contribution in [2.45, 2.75) is 31.4 Å². The van der Waals surface area contributed by atoms with Crippen molar-refractivity contribution in [3.05, 3.63) is 0 Å². The maximum atomic E-state index is 9.21. The number of likely N-dealkylation sites (N-methyl/N-ethyl adjacent to an activating group) is 1. The van der Waals surface area contributed by atoms with Gasteiger partial charge in [0.2, 0.25) is 0 Å². The summed E-state index contributed by atoms with van der Waals surface area (Å²) in [5, 5.41) is 12.4. The van der Waals surface area contributed by atoms with Crippen molar-refractivity contribution < 1.29 is 9.84 Å². The Morgan fingerprint density at radius 2 is 2.18 bits per heavy atom. The Morgan fingerprint density at radius 3 is 2.36 bits per heavy atom. The highest BCUT2D eigenvalue weighted by Gasteiger charge is 2.48. The van der Waals surface area contributed by atoms with Gasteiger partial charge in [-0.1, -0.05) is 0 Å². The molecule has 0 aliphatic carbocycles. The van der Waals surface area contributed by atoms with E-state index in [1.54, 1.807) is 0 Å². The third-order valence-electron chi connectivity index (χ3n) is 2.89. The molecule has 3 heteroatoms. The maximum absolute atomic E-state index is 9.21. The first kappa shape index (κ1) is 8.97. The molecule has 3 nitrogen and oxygen atoms in total. The topological polar surface area (TPSA) is 41.5 Å². The van der Waals surface area contributed by atoms with Gasteiger partial charge in [-0.05, 0) is 27.3 Å². The van der Waals surface area contributed by atoms with E-state index in [-0.39, 0.29) is 17.7 Å². The van der Waals surface area contributed by atoms with Gasteiger partial charge >= 0.3 is 0 Å². The summed E-state index contributed by atoms with van der Waals surface area (Å²) < 4.78 is 5.52. The third-order valence-corrected chi connectivity index (χ3v) is 2.89. The van der Waals surface area contributed by atoms with E-state index in [1.165, 1.54) is 0 Å². The summed E-state index contributed by atoms with van der Waals surface area (Å²) in [6.45, 7) is 4.88. The zero-order valence-electron chi connectivity index (χ0n) is 7.48. The fraction of sp³-hybridized carbons (Fsp3) is 1.00. The van der Waals surface area contributed by atoms with Crippen molar-refractivity contribution in [2.24, 2.45) is 0 Å². The lowest BCUT2D eigenvalue weighted by Crippen LogP contribution is -2.58. The van der Waals surface area contributed by atoms with Crippen LogP contribution in [0.5, 0.6) is 0 Å². The molecule has 0 bridgehead atoms. The van der Waals surface area contributed by atoms with Gasteiger partial charge in [-0.25, -0.2) is 0 Å². The van der Waals surface area contributed by atoms with Gasteiger partial charge in [0.1, 0.15) is 0 Å². The third kappa shape index (κ3) is 1.17. The van der Waals surface area contributed by atoms with Crippen molar-refractivity contribution in [1.82, 2.24) is 5.32 Å². The molecular weight excluding hydrogens is 142 g/mol. The molecule has 1 heterocycles. The van der Waals surface area contributed by atoms with Crippen LogP contribution in [0.3, 0.4) is 0 Å². The van der Waals surface area contributed by atoms with Crippen molar-refractivity contribution in [1.29, 1.82) is 0 Å². The second-order valence-electron chi connectivity index (χ2n) is 3.60. The van der Waals surface area contributed by atoms with Gasteiger partial charge in [0, 0.05) is 6.61 Å². The van der Waals surface area contributed by atoms with Gasteiger partial charge < -0.3 is 15.2 Å². The van der Waals surface area contributed by atoms with E-state index in [0.717, 1.165) is 13.0 Å². The first-order chi connectivity index (χ1) is 5.08. The van der Waals surface area contributed by atoms with Gasteiger partial charge in [-0.2, -0.15) is 0 Å². The molecule has 0 saturated carbocycles. The SMILES string of the molecule is CNC1(CO)CCOC1(C)C. The highest BCUT2D eigenvalue weighted by Crippen LogP contribution is 2.34. The summed E-state index contributed by atoms with van der Waals surface area (Å²) in [7, 11) is 1.87. The lowest BCUT2D eigenvalue weighted by atomic mass is 9.83. The molecule has 0 radical (unpaired) electrons. The van der Waals surface area contributed by atoms with Crippen LogP contribution in [0.25, 0.3) is 0 Å². The smallest absolute Gasteiger partial charge is 0.0830 e. The Kier molecular flexibility index (Phi) is 2.23. The van der Waals surface area contributed by atoms with Crippen LogP contribution in [-0.2, 0) is 4.74 Å². The second-order valence-corrected chi connectivity index (χ2v) is 3.60. The van der Waals surface area contributed by atoms with Crippen LogP contribution < -0.4 is 5.32 Å². The van der Waals surface area contributed by atoms with E-state index in [4.69, 9.17) is 4.74 Å². The highest BCUT2D eigenvalue weighted by atomic mass is 16.5. The normalized spacial score (nSPS) is 36.0. The van der Waals surface area contributed by atoms with Crippen LogP contribution in [0.2, 0.25) is 0 Å². The molecular formula is C8H17NO2. The minimum atomic E-state index is -0.253. The lowest BCUT2D eigenvalue weighted by molar-refractivity contribution is -0.0273. The van der Waals surface area contributed by atoms with E-state index < -0.39 is 0 Å². The number of nitrogens with one attached hydrogen (secondary N) is 1. The molecule has 1 unspecified atom stereocenters. The second kappa shape index (κ2) is 2.73. The molecule has 11 heavy (non-hydrogen) atoms. The summed E-state index contributed by atoms with van der Waals surface area (Å²) in [5.41, 5.74) is -0.497. The standard InChI is InChI=1S/C8H17NO2/c1-7(2)8(6-10,9-3)4-5-11-7/h9-10H,4-6H2,1-3H3. The molecule has 0 aromatic carbocycles. The van der Waals surface area contributed by atoms with Crippen molar-refractivity contribution in [2.75, 3.05) is 20.3 Å². The maximum Gasteiger partial charge on any atom is 0.0830 e. The molecule has 2 N–H and O–H groups in total. The minimum absolute atomic E-state index is 0.135. The van der Waals surface area contributed by atoms with Crippen LogP contribution in [-0.4, -0.2) is 36.5 Å². The largest absolute Gasteiger partial charge is 0.394 e. The molecule has 1 saturated heterocycles. The van der Waals surface area contributed by atoms with Crippen LogP contribution in [0.4, 0.5) is 0 Å². The van der Waals surface area contributed by atoms with Crippen LogP contribution in [0.15, 0.2) is 0 Å². The fourth-order valence-electron chi connectivity index (χ4n) is 1.69. The first-order valence-corrected chi connectivity index (χ1v) is 4.02. The summed E-state index contributed by atoms with van der Waals surface area (Å²) in [6.07, 6.45) is 0.882. The quantitative estimate of drug-likeness (QED) is 0.602. The number of aliphatic hydroxyl groups is 1. The minimum Gasteiger partial charge on any atom is -0.394 e. The van der Waals surface area contributed by atoms with Gasteiger partial charge in [-0.15, -0.1) is 0 Å². The lowest BCUT2D eigenvalue weighted by Gasteiger charge is -2.38. The first-order valence-electron chi connectivity index (χ1n) is 4.02. The average molecular weight is 159 g/mol. The van der Waals surface area contributed by atoms with E-state index >= 15 is 0 Å². The Balaban J connectivity index is 2.81. The van der Waals surface area contributed by atoms with E-state index in [0.29, 0.717) is 0 Å². The zero-order chi connectivity index (χ0) is 8.54. The average Bonchev–Trinajstić information content (AvgIpc) is 2.26. The van der Waals surface area contributed by atoms with Crippen LogP contribution in [0.1, 0.15) is 20.3 Å². The highest BCUT2D eigenvalue weighted by molar-refractivity contribution is 5.04. The number of ether oxygens (including phenoxy) is 1. The molecule has 0 amide bonds. The predicted octanol–water partition coefficient (Wildman–Crippen LogP) is 0.136. The summed E-state index contributed by atoms with van der Waals surface area (Å²) in [4.78, 5) is 0. The van der Waals surface area contributed by atoms with Gasteiger partial charge in [0.25, 0.3) is 0 Å². The molecule has 0 aromatic heterocycles. The number of hydrogen-bond donors (Lipinski definition) is 2. The van der Waals surface area contributed by atoms with Crippen molar-refractivity contribution in [3.8, 4) is 0 Å². The molecule has 1 rings (SSSR count). The Bertz CT molecular complexity index is 141. The molecule has 0 spiro atoms. The Hall–Kier alpha value is -0.120.